The number of aryl methyl sites for hydroxylation is 1. The van der Waals surface area contributed by atoms with E-state index in [-0.39, 0.29) is 23.6 Å². The molecule has 0 fully saturated rings. The van der Waals surface area contributed by atoms with Crippen molar-refractivity contribution in [1.82, 2.24) is 14.7 Å². The summed E-state index contributed by atoms with van der Waals surface area (Å²) in [5.41, 5.74) is 0.755. The number of unbranched alkanes of at least 4 members (excludes halogenated alkanes) is 1. The van der Waals surface area contributed by atoms with Gasteiger partial charge in [0.05, 0.1) is 18.4 Å². The van der Waals surface area contributed by atoms with E-state index in [0.717, 1.165) is 25.0 Å². The molecule has 0 aliphatic rings. The molecule has 7 nitrogen and oxygen atoms in total. The Morgan fingerprint density at radius 1 is 1.19 bits per heavy atom. The molecule has 0 saturated heterocycles. The summed E-state index contributed by atoms with van der Waals surface area (Å²) < 4.78 is 39.8. The first-order chi connectivity index (χ1) is 15.4. The van der Waals surface area contributed by atoms with Gasteiger partial charge in [-0.25, -0.2) is 18.6 Å². The van der Waals surface area contributed by atoms with Crippen LogP contribution in [-0.2, 0) is 16.1 Å². The Kier molecular flexibility index (Phi) is 7.40. The topological polar surface area (TPSA) is 81.9 Å². The van der Waals surface area contributed by atoms with Gasteiger partial charge in [-0.3, -0.25) is 9.20 Å². The Labute approximate surface area is 184 Å². The quantitative estimate of drug-likeness (QED) is 0.504. The van der Waals surface area contributed by atoms with E-state index in [4.69, 9.17) is 9.47 Å². The van der Waals surface area contributed by atoms with Gasteiger partial charge >= 0.3 is 5.97 Å². The molecule has 170 valence electrons. The van der Waals surface area contributed by atoms with Crippen LogP contribution in [0, 0.1) is 18.6 Å². The summed E-state index contributed by atoms with van der Waals surface area (Å²) in [6.45, 7) is 3.30. The molecule has 0 aliphatic heterocycles. The highest BCUT2D eigenvalue weighted by Crippen LogP contribution is 2.24. The van der Waals surface area contributed by atoms with E-state index >= 15 is 0 Å². The number of benzene rings is 1. The van der Waals surface area contributed by atoms with Crippen molar-refractivity contribution in [2.75, 3.05) is 7.11 Å². The van der Waals surface area contributed by atoms with Gasteiger partial charge in [0.2, 0.25) is 0 Å². The number of hydrogen-bond acceptors (Lipinski definition) is 5. The summed E-state index contributed by atoms with van der Waals surface area (Å²) in [5, 5.41) is 2.72. The highest BCUT2D eigenvalue weighted by atomic mass is 19.1. The van der Waals surface area contributed by atoms with Crippen LogP contribution in [0.3, 0.4) is 0 Å². The van der Waals surface area contributed by atoms with Crippen LogP contribution in [0.4, 0.5) is 8.78 Å². The molecule has 0 spiro atoms. The number of aromatic nitrogens is 2. The summed E-state index contributed by atoms with van der Waals surface area (Å²) >= 11 is 0. The van der Waals surface area contributed by atoms with Crippen molar-refractivity contribution in [2.24, 2.45) is 0 Å². The zero-order chi connectivity index (χ0) is 23.3. The molecular formula is C23H25F2N3O4. The van der Waals surface area contributed by atoms with Crippen LogP contribution in [0.5, 0.6) is 5.75 Å². The standard InChI is InChI=1S/C23H25F2N3O4/c1-4-5-10-18(23(30)31-3)27-22(29)20-14(2)26-21-19(11-7-12-28(20)21)32-13-15-16(24)8-6-9-17(15)25/h6-9,11-12,18H,4-5,10,13H2,1-3H3,(H,27,29)/t18-/m1/s1. The van der Waals surface area contributed by atoms with E-state index in [9.17, 15) is 18.4 Å². The number of halogens is 2. The van der Waals surface area contributed by atoms with Gasteiger partial charge in [-0.2, -0.15) is 0 Å². The smallest absolute Gasteiger partial charge is 0.328 e. The minimum absolute atomic E-state index is 0.201. The fraction of sp³-hybridized carbons (Fsp3) is 0.348. The first kappa shape index (κ1) is 23.2. The molecule has 0 aliphatic carbocycles. The molecule has 2 heterocycles. The molecule has 32 heavy (non-hydrogen) atoms. The zero-order valence-electron chi connectivity index (χ0n) is 18.2. The average molecular weight is 445 g/mol. The van der Waals surface area contributed by atoms with Crippen molar-refractivity contribution in [2.45, 2.75) is 45.8 Å². The number of rotatable bonds is 9. The van der Waals surface area contributed by atoms with E-state index in [1.165, 1.54) is 17.6 Å². The highest BCUT2D eigenvalue weighted by molar-refractivity contribution is 5.97. The molecule has 0 radical (unpaired) electrons. The van der Waals surface area contributed by atoms with Crippen LogP contribution in [0.2, 0.25) is 0 Å². The lowest BCUT2D eigenvalue weighted by Gasteiger charge is -2.16. The van der Waals surface area contributed by atoms with Gasteiger partial charge in [0.1, 0.15) is 30.0 Å². The maximum atomic E-state index is 13.9. The number of ether oxygens (including phenoxy) is 2. The van der Waals surface area contributed by atoms with Crippen molar-refractivity contribution < 1.29 is 27.8 Å². The normalized spacial score (nSPS) is 11.9. The summed E-state index contributed by atoms with van der Waals surface area (Å²) in [5.74, 6) is -2.17. The molecule has 2 aromatic heterocycles. The number of pyridine rings is 1. The molecule has 1 atom stereocenters. The lowest BCUT2D eigenvalue weighted by atomic mass is 10.1. The number of amides is 1. The van der Waals surface area contributed by atoms with Gasteiger partial charge in [0.25, 0.3) is 5.91 Å². The molecule has 0 bridgehead atoms. The number of nitrogens with zero attached hydrogens (tertiary/aromatic N) is 2. The van der Waals surface area contributed by atoms with Crippen molar-refractivity contribution in [3.63, 3.8) is 0 Å². The lowest BCUT2D eigenvalue weighted by Crippen LogP contribution is -2.42. The summed E-state index contributed by atoms with van der Waals surface area (Å²) in [6.07, 6.45) is 3.69. The van der Waals surface area contributed by atoms with Crippen molar-refractivity contribution in [1.29, 1.82) is 0 Å². The number of carbonyl (C=O) groups excluding carboxylic acids is 2. The summed E-state index contributed by atoms with van der Waals surface area (Å²) in [7, 11) is 1.27. The van der Waals surface area contributed by atoms with E-state index in [1.807, 2.05) is 6.92 Å². The Morgan fingerprint density at radius 3 is 2.56 bits per heavy atom. The number of hydrogen-bond donors (Lipinski definition) is 1. The van der Waals surface area contributed by atoms with Crippen molar-refractivity contribution in [3.8, 4) is 5.75 Å². The molecular weight excluding hydrogens is 420 g/mol. The number of imidazole rings is 1. The molecule has 0 unspecified atom stereocenters. The summed E-state index contributed by atoms with van der Waals surface area (Å²) in [6, 6.07) is 6.04. The number of methoxy groups -OCH3 is 1. The third-order valence-corrected chi connectivity index (χ3v) is 5.07. The molecule has 3 aromatic rings. The van der Waals surface area contributed by atoms with E-state index < -0.39 is 29.6 Å². The Hall–Kier alpha value is -3.49. The van der Waals surface area contributed by atoms with Crippen molar-refractivity contribution >= 4 is 17.5 Å². The van der Waals surface area contributed by atoms with Gasteiger partial charge in [-0.1, -0.05) is 25.8 Å². The predicted octanol–water partition coefficient (Wildman–Crippen LogP) is 3.96. The predicted molar refractivity (Wildman–Crippen MR) is 113 cm³/mol. The minimum Gasteiger partial charge on any atom is -0.485 e. The summed E-state index contributed by atoms with van der Waals surface area (Å²) in [4.78, 5) is 29.5. The zero-order valence-corrected chi connectivity index (χ0v) is 18.2. The SMILES string of the molecule is CCCC[C@@H](NC(=O)c1c(C)nc2c(OCc3c(F)cccc3F)cccn12)C(=O)OC. The van der Waals surface area contributed by atoms with Crippen LogP contribution < -0.4 is 10.1 Å². The Morgan fingerprint density at radius 2 is 1.91 bits per heavy atom. The minimum atomic E-state index is -0.777. The van der Waals surface area contributed by atoms with Crippen LogP contribution in [0.15, 0.2) is 36.5 Å². The van der Waals surface area contributed by atoms with E-state index in [2.05, 4.69) is 10.3 Å². The maximum Gasteiger partial charge on any atom is 0.328 e. The van der Waals surface area contributed by atoms with Crippen molar-refractivity contribution in [3.05, 3.63) is 65.1 Å². The lowest BCUT2D eigenvalue weighted by molar-refractivity contribution is -0.143. The largest absolute Gasteiger partial charge is 0.485 e. The Balaban J connectivity index is 1.87. The fourth-order valence-corrected chi connectivity index (χ4v) is 3.39. The second-order valence-electron chi connectivity index (χ2n) is 7.29. The van der Waals surface area contributed by atoms with Gasteiger partial charge < -0.3 is 14.8 Å². The number of esters is 1. The number of fused-ring (bicyclic) bond motifs is 1. The Bertz CT molecular complexity index is 1110. The van der Waals surface area contributed by atoms with Gasteiger partial charge in [-0.05, 0) is 37.6 Å². The highest BCUT2D eigenvalue weighted by Gasteiger charge is 2.25. The number of nitrogens with one attached hydrogen (secondary N) is 1. The van der Waals surface area contributed by atoms with Gasteiger partial charge in [0.15, 0.2) is 11.4 Å². The molecule has 0 saturated carbocycles. The average Bonchev–Trinajstić information content (AvgIpc) is 3.12. The molecule has 1 aromatic carbocycles. The first-order valence-corrected chi connectivity index (χ1v) is 10.3. The molecule has 9 heteroatoms. The second kappa shape index (κ2) is 10.2. The third-order valence-electron chi connectivity index (χ3n) is 5.07. The molecule has 1 amide bonds. The van der Waals surface area contributed by atoms with Gasteiger partial charge in [-0.15, -0.1) is 0 Å². The monoisotopic (exact) mass is 445 g/mol. The van der Waals surface area contributed by atoms with Crippen LogP contribution in [-0.4, -0.2) is 34.4 Å². The third kappa shape index (κ3) is 4.87. The first-order valence-electron chi connectivity index (χ1n) is 10.3. The van der Waals surface area contributed by atoms with Crippen LogP contribution in [0.1, 0.15) is 47.9 Å². The van der Waals surface area contributed by atoms with Crippen LogP contribution >= 0.6 is 0 Å². The molecule has 1 N–H and O–H groups in total. The van der Waals surface area contributed by atoms with E-state index in [0.29, 0.717) is 17.8 Å². The van der Waals surface area contributed by atoms with Gasteiger partial charge in [0, 0.05) is 6.20 Å². The van der Waals surface area contributed by atoms with Crippen LogP contribution in [0.25, 0.3) is 5.65 Å². The molecule has 3 rings (SSSR count). The van der Waals surface area contributed by atoms with E-state index in [1.54, 1.807) is 25.3 Å². The second-order valence-corrected chi connectivity index (χ2v) is 7.29. The fourth-order valence-electron chi connectivity index (χ4n) is 3.39. The number of carbonyl (C=O) groups is 2. The maximum absolute atomic E-state index is 13.9.